The summed E-state index contributed by atoms with van der Waals surface area (Å²) in [5.74, 6) is 2.48. The maximum Gasteiger partial charge on any atom is 0.293 e. The first-order valence-corrected chi connectivity index (χ1v) is 8.21. The zero-order chi connectivity index (χ0) is 13.7. The van der Waals surface area contributed by atoms with Crippen molar-refractivity contribution in [3.8, 4) is 0 Å². The van der Waals surface area contributed by atoms with Crippen molar-refractivity contribution >= 4 is 11.9 Å². The van der Waals surface area contributed by atoms with E-state index in [4.69, 9.17) is 4.74 Å². The first kappa shape index (κ1) is 12.7. The maximum absolute atomic E-state index is 12.3. The second kappa shape index (κ2) is 4.47. The molecule has 1 aliphatic heterocycles. The van der Waals surface area contributed by atoms with Gasteiger partial charge in [-0.3, -0.25) is 4.79 Å². The highest BCUT2D eigenvalue weighted by Gasteiger charge is 2.58. The molecule has 0 radical (unpaired) electrons. The van der Waals surface area contributed by atoms with Crippen LogP contribution in [0.1, 0.15) is 51.9 Å². The molecule has 5 rings (SSSR count). The Morgan fingerprint density at radius 2 is 1.80 bits per heavy atom. The summed E-state index contributed by atoms with van der Waals surface area (Å²) < 4.78 is 5.95. The Morgan fingerprint density at radius 1 is 1.20 bits per heavy atom. The Kier molecular flexibility index (Phi) is 2.83. The lowest BCUT2D eigenvalue weighted by Gasteiger charge is -2.57. The van der Waals surface area contributed by atoms with Gasteiger partial charge in [0, 0.05) is 12.0 Å². The molecule has 0 spiro atoms. The van der Waals surface area contributed by atoms with E-state index in [9.17, 15) is 4.79 Å². The van der Waals surface area contributed by atoms with E-state index >= 15 is 0 Å². The number of aliphatic imine (C=N–C) groups is 1. The van der Waals surface area contributed by atoms with E-state index in [-0.39, 0.29) is 17.4 Å². The van der Waals surface area contributed by atoms with E-state index in [1.807, 2.05) is 0 Å². The Labute approximate surface area is 120 Å². The Balaban J connectivity index is 1.52. The molecule has 1 heterocycles. The van der Waals surface area contributed by atoms with Gasteiger partial charge in [0.05, 0.1) is 0 Å². The molecule has 4 heteroatoms. The van der Waals surface area contributed by atoms with Crippen LogP contribution in [0.5, 0.6) is 0 Å². The summed E-state index contributed by atoms with van der Waals surface area (Å²) in [6.07, 6.45) is 8.45. The summed E-state index contributed by atoms with van der Waals surface area (Å²) in [5, 5.41) is 3.13. The number of nitrogens with one attached hydrogen (secondary N) is 1. The van der Waals surface area contributed by atoms with Crippen LogP contribution in [0.25, 0.3) is 0 Å². The van der Waals surface area contributed by atoms with Crippen LogP contribution in [-0.2, 0) is 9.53 Å². The third kappa shape index (κ3) is 1.87. The van der Waals surface area contributed by atoms with Crippen molar-refractivity contribution in [1.29, 1.82) is 0 Å². The number of amides is 1. The highest BCUT2D eigenvalue weighted by molar-refractivity contribution is 5.99. The van der Waals surface area contributed by atoms with Crippen LogP contribution in [0.3, 0.4) is 0 Å². The lowest BCUT2D eigenvalue weighted by molar-refractivity contribution is -0.145. The number of hydrogen-bond donors (Lipinski definition) is 1. The molecule has 4 saturated carbocycles. The van der Waals surface area contributed by atoms with Gasteiger partial charge in [0.1, 0.15) is 0 Å². The third-order valence-electron chi connectivity index (χ3n) is 5.83. The highest BCUT2D eigenvalue weighted by Crippen LogP contribution is 2.62. The number of amidine groups is 1. The van der Waals surface area contributed by atoms with Crippen molar-refractivity contribution in [2.75, 3.05) is 6.54 Å². The number of ether oxygens (including phenoxy) is 1. The number of rotatable bonds is 3. The molecule has 1 unspecified atom stereocenters. The van der Waals surface area contributed by atoms with Gasteiger partial charge in [0.25, 0.3) is 11.9 Å². The topological polar surface area (TPSA) is 50.7 Å². The zero-order valence-electron chi connectivity index (χ0n) is 12.2. The molecule has 0 aromatic heterocycles. The van der Waals surface area contributed by atoms with Gasteiger partial charge >= 0.3 is 0 Å². The second-order valence-electron chi connectivity index (χ2n) is 7.46. The van der Waals surface area contributed by atoms with Crippen LogP contribution >= 0.6 is 0 Å². The summed E-state index contributed by atoms with van der Waals surface area (Å²) in [7, 11) is 0. The Morgan fingerprint density at radius 3 is 2.35 bits per heavy atom. The predicted molar refractivity (Wildman–Crippen MR) is 76.2 cm³/mol. The first-order valence-electron chi connectivity index (χ1n) is 8.21. The van der Waals surface area contributed by atoms with Gasteiger partial charge in [-0.1, -0.05) is 6.92 Å². The van der Waals surface area contributed by atoms with Crippen molar-refractivity contribution in [3.63, 3.8) is 0 Å². The van der Waals surface area contributed by atoms with Gasteiger partial charge in [-0.2, -0.15) is 4.99 Å². The van der Waals surface area contributed by atoms with Crippen molar-refractivity contribution < 1.29 is 9.53 Å². The number of nitrogens with zero attached hydrogens (tertiary/aromatic N) is 1. The van der Waals surface area contributed by atoms with E-state index in [2.05, 4.69) is 17.2 Å². The van der Waals surface area contributed by atoms with Crippen molar-refractivity contribution in [2.45, 2.75) is 58.0 Å². The molecular formula is C16H24N2O2. The normalized spacial score (nSPS) is 45.5. The van der Waals surface area contributed by atoms with E-state index < -0.39 is 0 Å². The van der Waals surface area contributed by atoms with Gasteiger partial charge in [-0.25, -0.2) is 0 Å². The summed E-state index contributed by atoms with van der Waals surface area (Å²) >= 11 is 0. The minimum Gasteiger partial charge on any atom is -0.451 e. The van der Waals surface area contributed by atoms with Crippen molar-refractivity contribution in [2.24, 2.45) is 28.2 Å². The van der Waals surface area contributed by atoms with Crippen LogP contribution < -0.4 is 5.32 Å². The van der Waals surface area contributed by atoms with Gasteiger partial charge in [0.2, 0.25) is 0 Å². The molecule has 4 bridgehead atoms. The Bertz CT molecular complexity index is 422. The number of hydrogen-bond acceptors (Lipinski definition) is 3. The van der Waals surface area contributed by atoms with Crippen LogP contribution in [0, 0.1) is 23.2 Å². The minimum absolute atomic E-state index is 0.0365. The van der Waals surface area contributed by atoms with Gasteiger partial charge in [-0.05, 0) is 62.7 Å². The average Bonchev–Trinajstić information content (AvgIpc) is 2.77. The molecule has 1 N–H and O–H groups in total. The second-order valence-corrected chi connectivity index (χ2v) is 7.46. The maximum atomic E-state index is 12.3. The lowest BCUT2D eigenvalue weighted by atomic mass is 9.48. The van der Waals surface area contributed by atoms with E-state index in [1.54, 1.807) is 0 Å². The van der Waals surface area contributed by atoms with E-state index in [0.29, 0.717) is 6.02 Å². The fourth-order valence-electron chi connectivity index (χ4n) is 5.55. The monoisotopic (exact) mass is 276 g/mol. The van der Waals surface area contributed by atoms with E-state index in [1.165, 1.54) is 38.5 Å². The van der Waals surface area contributed by atoms with Gasteiger partial charge in [-0.15, -0.1) is 0 Å². The van der Waals surface area contributed by atoms with Crippen molar-refractivity contribution in [1.82, 2.24) is 5.32 Å². The summed E-state index contributed by atoms with van der Waals surface area (Å²) in [6, 6.07) is 0.470. The molecule has 0 aromatic carbocycles. The van der Waals surface area contributed by atoms with Gasteiger partial charge < -0.3 is 10.1 Å². The lowest BCUT2D eigenvalue weighted by Crippen LogP contribution is -2.53. The molecule has 1 atom stereocenters. The molecule has 4 aliphatic carbocycles. The first-order chi connectivity index (χ1) is 9.68. The summed E-state index contributed by atoms with van der Waals surface area (Å²) in [5.41, 5.74) is 0.102. The highest BCUT2D eigenvalue weighted by atomic mass is 16.5. The van der Waals surface area contributed by atoms with Crippen LogP contribution in [0.4, 0.5) is 0 Å². The SMILES string of the molecule is CCCNC1=NC(=O)C(C23CC4CC(CC(C4)C2)C3)O1. The minimum atomic E-state index is -0.296. The number of carbonyl (C=O) groups excluding carboxylic acids is 1. The largest absolute Gasteiger partial charge is 0.451 e. The third-order valence-corrected chi connectivity index (χ3v) is 5.83. The standard InChI is InChI=1S/C16H24N2O2/c1-2-3-17-15-18-14(19)13(20-15)16-7-10-4-11(8-16)6-12(5-10)9-16/h10-13H,2-9H2,1H3,(H,17,18,19). The Hall–Kier alpha value is -1.06. The zero-order valence-corrected chi connectivity index (χ0v) is 12.2. The average molecular weight is 276 g/mol. The molecule has 110 valence electrons. The number of carbonyl (C=O) groups is 1. The fraction of sp³-hybridized carbons (Fsp3) is 0.875. The molecule has 4 fully saturated rings. The summed E-state index contributed by atoms with van der Waals surface area (Å²) in [6.45, 7) is 2.92. The fourth-order valence-corrected chi connectivity index (χ4v) is 5.55. The molecule has 0 saturated heterocycles. The van der Waals surface area contributed by atoms with Crippen LogP contribution in [0.15, 0.2) is 4.99 Å². The summed E-state index contributed by atoms with van der Waals surface area (Å²) in [4.78, 5) is 16.4. The predicted octanol–water partition coefficient (Wildman–Crippen LogP) is 2.48. The molecule has 4 nitrogen and oxygen atoms in total. The smallest absolute Gasteiger partial charge is 0.293 e. The van der Waals surface area contributed by atoms with Gasteiger partial charge in [0.15, 0.2) is 6.10 Å². The quantitative estimate of drug-likeness (QED) is 0.861. The van der Waals surface area contributed by atoms with Crippen LogP contribution in [0.2, 0.25) is 0 Å². The molecule has 1 amide bonds. The van der Waals surface area contributed by atoms with Crippen molar-refractivity contribution in [3.05, 3.63) is 0 Å². The molecule has 5 aliphatic rings. The van der Waals surface area contributed by atoms with E-state index in [0.717, 1.165) is 30.7 Å². The molecular weight excluding hydrogens is 252 g/mol. The molecule has 20 heavy (non-hydrogen) atoms. The molecule has 0 aromatic rings. The van der Waals surface area contributed by atoms with Crippen LogP contribution in [-0.4, -0.2) is 24.6 Å².